The van der Waals surface area contributed by atoms with Crippen molar-refractivity contribution >= 4 is 29.6 Å². The largest absolute Gasteiger partial charge is 0.493 e. The molecule has 7 nitrogen and oxygen atoms in total. The number of benzene rings is 2. The second kappa shape index (κ2) is 11.6. The number of hydrogen-bond donors (Lipinski definition) is 2. The molecule has 2 N–H and O–H groups in total. The van der Waals surface area contributed by atoms with Crippen molar-refractivity contribution in [3.8, 4) is 23.8 Å². The Morgan fingerprint density at radius 3 is 2.65 bits per heavy atom. The molecule has 0 aliphatic rings. The molecule has 0 aliphatic carbocycles. The maximum Gasteiger partial charge on any atom is 0.262 e. The maximum atomic E-state index is 12.6. The first-order valence-corrected chi connectivity index (χ1v) is 9.87. The smallest absolute Gasteiger partial charge is 0.262 e. The van der Waals surface area contributed by atoms with Gasteiger partial charge in [0.25, 0.3) is 11.8 Å². The second-order valence-corrected chi connectivity index (χ2v) is 7.28. The van der Waals surface area contributed by atoms with Crippen LogP contribution in [0.2, 0.25) is 5.02 Å². The number of terminal acetylenes is 1. The Balaban J connectivity index is 2.03. The average molecular weight is 442 g/mol. The van der Waals surface area contributed by atoms with Crippen LogP contribution in [0.5, 0.6) is 11.5 Å². The van der Waals surface area contributed by atoms with Crippen molar-refractivity contribution in [2.24, 2.45) is 11.0 Å². The van der Waals surface area contributed by atoms with Crippen LogP contribution in [-0.2, 0) is 4.79 Å². The summed E-state index contributed by atoms with van der Waals surface area (Å²) in [5, 5.41) is 7.14. The highest BCUT2D eigenvalue weighted by molar-refractivity contribution is 6.31. The first kappa shape index (κ1) is 23.8. The zero-order valence-electron chi connectivity index (χ0n) is 17.5. The molecule has 2 amide bonds. The molecule has 0 bridgehead atoms. The van der Waals surface area contributed by atoms with E-state index in [-0.39, 0.29) is 12.5 Å². The van der Waals surface area contributed by atoms with Gasteiger partial charge in [0, 0.05) is 10.6 Å². The van der Waals surface area contributed by atoms with Gasteiger partial charge in [0.1, 0.15) is 12.6 Å². The van der Waals surface area contributed by atoms with E-state index < -0.39 is 17.9 Å². The van der Waals surface area contributed by atoms with Gasteiger partial charge < -0.3 is 14.8 Å². The molecule has 1 atom stereocenters. The zero-order valence-corrected chi connectivity index (χ0v) is 18.3. The van der Waals surface area contributed by atoms with E-state index >= 15 is 0 Å². The summed E-state index contributed by atoms with van der Waals surface area (Å²) in [5.41, 5.74) is 3.50. The van der Waals surface area contributed by atoms with Gasteiger partial charge in [-0.3, -0.25) is 9.59 Å². The molecular formula is C23H24ClN3O4. The molecule has 2 aromatic rings. The van der Waals surface area contributed by atoms with Gasteiger partial charge in [0.15, 0.2) is 11.5 Å². The van der Waals surface area contributed by atoms with Gasteiger partial charge in [-0.1, -0.05) is 37.4 Å². The summed E-state index contributed by atoms with van der Waals surface area (Å²) in [6.07, 6.45) is 6.66. The minimum Gasteiger partial charge on any atom is -0.493 e. The first-order valence-electron chi connectivity index (χ1n) is 9.49. The molecular weight excluding hydrogens is 418 g/mol. The normalized spacial score (nSPS) is 11.6. The Hall–Kier alpha value is -3.50. The molecule has 0 aromatic heterocycles. The van der Waals surface area contributed by atoms with Gasteiger partial charge in [0.05, 0.1) is 13.3 Å². The fraction of sp³-hybridized carbons (Fsp3) is 0.261. The van der Waals surface area contributed by atoms with Crippen LogP contribution >= 0.6 is 11.6 Å². The van der Waals surface area contributed by atoms with Crippen LogP contribution in [-0.4, -0.2) is 37.8 Å². The number of carbonyl (C=O) groups is 2. The van der Waals surface area contributed by atoms with E-state index in [1.807, 2.05) is 13.8 Å². The molecule has 8 heteroatoms. The van der Waals surface area contributed by atoms with E-state index in [4.69, 9.17) is 27.5 Å². The summed E-state index contributed by atoms with van der Waals surface area (Å²) in [6, 6.07) is 10.9. The Morgan fingerprint density at radius 1 is 1.23 bits per heavy atom. The van der Waals surface area contributed by atoms with Crippen molar-refractivity contribution in [2.45, 2.75) is 19.9 Å². The van der Waals surface area contributed by atoms with Gasteiger partial charge in [0.2, 0.25) is 0 Å². The molecule has 2 aromatic carbocycles. The number of ether oxygens (including phenoxy) is 2. The van der Waals surface area contributed by atoms with Gasteiger partial charge in [-0.15, -0.1) is 6.42 Å². The molecule has 0 fully saturated rings. The van der Waals surface area contributed by atoms with Crippen LogP contribution in [0, 0.1) is 18.3 Å². The van der Waals surface area contributed by atoms with Crippen LogP contribution in [0.25, 0.3) is 0 Å². The fourth-order valence-corrected chi connectivity index (χ4v) is 2.82. The number of amides is 2. The molecule has 0 saturated heterocycles. The van der Waals surface area contributed by atoms with Crippen molar-refractivity contribution in [2.75, 3.05) is 13.7 Å². The highest BCUT2D eigenvalue weighted by Gasteiger charge is 2.24. The van der Waals surface area contributed by atoms with E-state index in [0.29, 0.717) is 27.6 Å². The van der Waals surface area contributed by atoms with Crippen LogP contribution in [0.1, 0.15) is 29.8 Å². The Kier molecular flexibility index (Phi) is 8.92. The molecule has 0 saturated carbocycles. The summed E-state index contributed by atoms with van der Waals surface area (Å²) in [6.45, 7) is 3.77. The van der Waals surface area contributed by atoms with E-state index in [2.05, 4.69) is 21.8 Å². The highest BCUT2D eigenvalue weighted by atomic mass is 35.5. The summed E-state index contributed by atoms with van der Waals surface area (Å²) in [7, 11) is 1.51. The molecule has 0 spiro atoms. The number of halogens is 1. The monoisotopic (exact) mass is 441 g/mol. The molecule has 0 radical (unpaired) electrons. The molecule has 162 valence electrons. The maximum absolute atomic E-state index is 12.6. The Morgan fingerprint density at radius 2 is 2.00 bits per heavy atom. The number of carbonyl (C=O) groups excluding carboxylic acids is 2. The van der Waals surface area contributed by atoms with Crippen LogP contribution in [0.3, 0.4) is 0 Å². The minimum absolute atomic E-state index is 0.122. The zero-order chi connectivity index (χ0) is 22.8. The first-order chi connectivity index (χ1) is 14.8. The van der Waals surface area contributed by atoms with Crippen LogP contribution < -0.4 is 20.2 Å². The third kappa shape index (κ3) is 7.05. The SMILES string of the molecule is C#CCOc1ccc(C=NNC(=O)C(NC(=O)c2cccc(Cl)c2)C(C)C)cc1OC. The average Bonchev–Trinajstić information content (AvgIpc) is 2.75. The highest BCUT2D eigenvalue weighted by Crippen LogP contribution is 2.27. The van der Waals surface area contributed by atoms with E-state index in [1.54, 1.807) is 36.4 Å². The standard InChI is InChI=1S/C23H24ClN3O4/c1-5-11-31-19-10-9-16(12-20(19)30-4)14-25-27-23(29)21(15(2)3)26-22(28)17-7-6-8-18(24)13-17/h1,6-10,12-15,21H,11H2,2-4H3,(H,26,28)(H,27,29). The predicted octanol–water partition coefficient (Wildman–Crippen LogP) is 3.27. The lowest BCUT2D eigenvalue weighted by molar-refractivity contribution is -0.123. The molecule has 2 rings (SSSR count). The van der Waals surface area contributed by atoms with Gasteiger partial charge in [-0.2, -0.15) is 5.10 Å². The molecule has 31 heavy (non-hydrogen) atoms. The van der Waals surface area contributed by atoms with Gasteiger partial charge in [-0.05, 0) is 47.9 Å². The predicted molar refractivity (Wildman–Crippen MR) is 121 cm³/mol. The summed E-state index contributed by atoms with van der Waals surface area (Å²) >= 11 is 5.93. The Labute approximate surface area is 186 Å². The lowest BCUT2D eigenvalue weighted by Crippen LogP contribution is -2.48. The van der Waals surface area contributed by atoms with E-state index in [1.165, 1.54) is 19.4 Å². The lowest BCUT2D eigenvalue weighted by atomic mass is 10.0. The number of nitrogens with zero attached hydrogens (tertiary/aromatic N) is 1. The fourth-order valence-electron chi connectivity index (χ4n) is 2.63. The lowest BCUT2D eigenvalue weighted by Gasteiger charge is -2.20. The number of hydrazone groups is 1. The van der Waals surface area contributed by atoms with E-state index in [9.17, 15) is 9.59 Å². The third-order valence-corrected chi connectivity index (χ3v) is 4.44. The number of rotatable bonds is 9. The van der Waals surface area contributed by atoms with Gasteiger partial charge >= 0.3 is 0 Å². The third-order valence-electron chi connectivity index (χ3n) is 4.21. The summed E-state index contributed by atoms with van der Waals surface area (Å²) < 4.78 is 10.7. The van der Waals surface area contributed by atoms with Crippen molar-refractivity contribution in [3.05, 3.63) is 58.6 Å². The number of nitrogens with one attached hydrogen (secondary N) is 2. The number of hydrogen-bond acceptors (Lipinski definition) is 5. The van der Waals surface area contributed by atoms with Crippen molar-refractivity contribution < 1.29 is 19.1 Å². The Bertz CT molecular complexity index is 999. The van der Waals surface area contributed by atoms with Crippen molar-refractivity contribution in [3.63, 3.8) is 0 Å². The van der Waals surface area contributed by atoms with Crippen LogP contribution in [0.4, 0.5) is 0 Å². The van der Waals surface area contributed by atoms with Crippen molar-refractivity contribution in [1.29, 1.82) is 0 Å². The minimum atomic E-state index is -0.780. The second-order valence-electron chi connectivity index (χ2n) is 6.84. The van der Waals surface area contributed by atoms with Crippen LogP contribution in [0.15, 0.2) is 47.6 Å². The number of methoxy groups -OCH3 is 1. The topological polar surface area (TPSA) is 89.0 Å². The molecule has 0 heterocycles. The quantitative estimate of drug-likeness (QED) is 0.355. The van der Waals surface area contributed by atoms with E-state index in [0.717, 1.165) is 0 Å². The molecule has 0 aliphatic heterocycles. The van der Waals surface area contributed by atoms with Crippen molar-refractivity contribution in [1.82, 2.24) is 10.7 Å². The summed E-state index contributed by atoms with van der Waals surface area (Å²) in [5.74, 6) is 2.38. The summed E-state index contributed by atoms with van der Waals surface area (Å²) in [4.78, 5) is 25.0. The molecule has 1 unspecified atom stereocenters. The van der Waals surface area contributed by atoms with Gasteiger partial charge in [-0.25, -0.2) is 5.43 Å².